The second kappa shape index (κ2) is 48.7. The molecule has 0 fully saturated rings. The van der Waals surface area contributed by atoms with Gasteiger partial charge in [-0.25, -0.2) is 0 Å². The predicted molar refractivity (Wildman–Crippen MR) is 253 cm³/mol. The Morgan fingerprint density at radius 3 is 1.12 bits per heavy atom. The number of hydrogen-bond donors (Lipinski definition) is 3. The van der Waals surface area contributed by atoms with Crippen molar-refractivity contribution in [1.29, 1.82) is 0 Å². The summed E-state index contributed by atoms with van der Waals surface area (Å²) in [5.41, 5.74) is 0. The van der Waals surface area contributed by atoms with E-state index in [0.717, 1.165) is 38.5 Å². The Labute approximate surface area is 356 Å². The zero-order chi connectivity index (χ0) is 41.4. The van der Waals surface area contributed by atoms with Crippen molar-refractivity contribution in [3.8, 4) is 0 Å². The molecule has 0 rings (SSSR count). The van der Waals surface area contributed by atoms with Gasteiger partial charge in [0.15, 0.2) is 0 Å². The number of unbranched alkanes of at least 4 members (excludes halogenated alkanes) is 33. The van der Waals surface area contributed by atoms with Crippen LogP contribution in [0.3, 0.4) is 0 Å². The van der Waals surface area contributed by atoms with Crippen molar-refractivity contribution in [2.45, 2.75) is 276 Å². The van der Waals surface area contributed by atoms with Gasteiger partial charge in [0.1, 0.15) is 0 Å². The number of carbonyl (C=O) groups is 1. The number of aliphatic hydroxyl groups is 2. The largest absolute Gasteiger partial charge is 0.394 e. The van der Waals surface area contributed by atoms with Crippen molar-refractivity contribution < 1.29 is 15.0 Å². The molecule has 0 aromatic carbocycles. The minimum atomic E-state index is -0.860. The van der Waals surface area contributed by atoms with Crippen LogP contribution >= 0.6 is 0 Å². The molecule has 57 heavy (non-hydrogen) atoms. The lowest BCUT2D eigenvalue weighted by Gasteiger charge is -2.19. The summed E-state index contributed by atoms with van der Waals surface area (Å²) < 4.78 is 0. The Morgan fingerprint density at radius 2 is 0.737 bits per heavy atom. The molecule has 0 radical (unpaired) electrons. The molecule has 0 aliphatic carbocycles. The van der Waals surface area contributed by atoms with Gasteiger partial charge in [-0.15, -0.1) is 0 Å². The van der Waals surface area contributed by atoms with Gasteiger partial charge >= 0.3 is 0 Å². The molecule has 1 amide bonds. The van der Waals surface area contributed by atoms with Crippen LogP contribution in [0.15, 0.2) is 48.6 Å². The van der Waals surface area contributed by atoms with Crippen molar-refractivity contribution in [1.82, 2.24) is 5.32 Å². The van der Waals surface area contributed by atoms with Gasteiger partial charge in [0.25, 0.3) is 0 Å². The number of carbonyl (C=O) groups excluding carboxylic acids is 1. The van der Waals surface area contributed by atoms with E-state index in [-0.39, 0.29) is 12.5 Å². The Balaban J connectivity index is 3.46. The van der Waals surface area contributed by atoms with Crippen LogP contribution in [0.2, 0.25) is 0 Å². The lowest BCUT2D eigenvalue weighted by Crippen LogP contribution is -2.45. The third-order valence-corrected chi connectivity index (χ3v) is 11.5. The fourth-order valence-corrected chi connectivity index (χ4v) is 7.64. The van der Waals surface area contributed by atoms with Gasteiger partial charge < -0.3 is 15.5 Å². The van der Waals surface area contributed by atoms with E-state index in [9.17, 15) is 15.0 Å². The van der Waals surface area contributed by atoms with Crippen LogP contribution in [0.5, 0.6) is 0 Å². The van der Waals surface area contributed by atoms with Crippen molar-refractivity contribution in [2.75, 3.05) is 6.61 Å². The van der Waals surface area contributed by atoms with Gasteiger partial charge in [-0.2, -0.15) is 0 Å². The minimum Gasteiger partial charge on any atom is -0.394 e. The lowest BCUT2D eigenvalue weighted by atomic mass is 10.0. The monoisotopic (exact) mass is 798 g/mol. The van der Waals surface area contributed by atoms with Crippen LogP contribution in [-0.2, 0) is 4.79 Å². The summed E-state index contributed by atoms with van der Waals surface area (Å²) in [5, 5.41) is 23.0. The number of nitrogens with one attached hydrogen (secondary N) is 1. The van der Waals surface area contributed by atoms with Crippen LogP contribution < -0.4 is 5.32 Å². The van der Waals surface area contributed by atoms with E-state index < -0.39 is 12.1 Å². The van der Waals surface area contributed by atoms with Gasteiger partial charge in [0.2, 0.25) is 5.91 Å². The molecule has 334 valence electrons. The van der Waals surface area contributed by atoms with E-state index in [1.54, 1.807) is 6.08 Å². The van der Waals surface area contributed by atoms with Gasteiger partial charge in [-0.3, -0.25) is 4.79 Å². The second-order valence-electron chi connectivity index (χ2n) is 17.2. The molecule has 0 aliphatic heterocycles. The predicted octanol–water partition coefficient (Wildman–Crippen LogP) is 16.3. The smallest absolute Gasteiger partial charge is 0.220 e. The highest BCUT2D eigenvalue weighted by Crippen LogP contribution is 2.16. The summed E-state index contributed by atoms with van der Waals surface area (Å²) >= 11 is 0. The van der Waals surface area contributed by atoms with Crippen molar-refractivity contribution >= 4 is 5.91 Å². The second-order valence-corrected chi connectivity index (χ2v) is 17.2. The Morgan fingerprint density at radius 1 is 0.421 bits per heavy atom. The molecule has 4 heteroatoms. The highest BCUT2D eigenvalue weighted by Gasteiger charge is 2.17. The van der Waals surface area contributed by atoms with E-state index in [4.69, 9.17) is 0 Å². The summed E-state index contributed by atoms with van der Waals surface area (Å²) in [7, 11) is 0. The fourth-order valence-electron chi connectivity index (χ4n) is 7.64. The van der Waals surface area contributed by atoms with E-state index >= 15 is 0 Å². The van der Waals surface area contributed by atoms with Crippen LogP contribution in [0.25, 0.3) is 0 Å². The highest BCUT2D eigenvalue weighted by atomic mass is 16.3. The third kappa shape index (κ3) is 45.3. The zero-order valence-electron chi connectivity index (χ0n) is 38.4. The first-order valence-corrected chi connectivity index (χ1v) is 25.4. The molecule has 2 atom stereocenters. The van der Waals surface area contributed by atoms with E-state index in [1.165, 1.54) is 205 Å². The SMILES string of the molecule is CCCCCCCC/C=C/CC/C=C/C(O)C(CO)NC(=O)CCCCCCCCCCCCCCCCCCC/C=C\C/C=C\CCCCCCCCCCC. The van der Waals surface area contributed by atoms with Gasteiger partial charge in [0, 0.05) is 6.42 Å². The summed E-state index contributed by atoms with van der Waals surface area (Å²) in [6.07, 6.45) is 66.9. The van der Waals surface area contributed by atoms with Crippen molar-refractivity contribution in [2.24, 2.45) is 0 Å². The minimum absolute atomic E-state index is 0.0734. The maximum Gasteiger partial charge on any atom is 0.220 e. The summed E-state index contributed by atoms with van der Waals surface area (Å²) in [4.78, 5) is 12.4. The Bertz CT molecular complexity index is 908. The molecule has 0 spiro atoms. The van der Waals surface area contributed by atoms with E-state index in [1.807, 2.05) is 6.08 Å². The van der Waals surface area contributed by atoms with Crippen LogP contribution in [0.4, 0.5) is 0 Å². The van der Waals surface area contributed by atoms with Gasteiger partial charge in [-0.05, 0) is 64.2 Å². The molecule has 3 N–H and O–H groups in total. The van der Waals surface area contributed by atoms with Crippen molar-refractivity contribution in [3.63, 3.8) is 0 Å². The summed E-state index contributed by atoms with van der Waals surface area (Å²) in [6, 6.07) is -0.637. The molecule has 0 aromatic rings. The standard InChI is InChI=1S/C53H99NO3/c1-3-5-7-9-11-13-15-17-18-19-20-21-22-23-24-25-26-27-28-29-30-31-32-33-34-35-36-37-39-41-43-45-47-49-53(57)54-51(50-55)52(56)48-46-44-42-40-38-16-14-12-10-8-6-4-2/h20-21,23-24,38,40,46,48,51-52,55-56H,3-19,22,25-37,39,41-45,47,49-50H2,1-2H3,(H,54,57)/b21-20-,24-23-,40-38+,48-46+. The average Bonchev–Trinajstić information content (AvgIpc) is 3.22. The van der Waals surface area contributed by atoms with Crippen LogP contribution in [0.1, 0.15) is 264 Å². The summed E-state index contributed by atoms with van der Waals surface area (Å²) in [6.45, 7) is 4.29. The average molecular weight is 798 g/mol. The quantitative estimate of drug-likeness (QED) is 0.0424. The highest BCUT2D eigenvalue weighted by molar-refractivity contribution is 5.76. The molecular formula is C53H99NO3. The Hall–Kier alpha value is -1.65. The van der Waals surface area contributed by atoms with Crippen LogP contribution in [-0.4, -0.2) is 34.9 Å². The molecule has 0 saturated heterocycles. The van der Waals surface area contributed by atoms with E-state index in [2.05, 4.69) is 55.6 Å². The van der Waals surface area contributed by atoms with Crippen molar-refractivity contribution in [3.05, 3.63) is 48.6 Å². The van der Waals surface area contributed by atoms with Gasteiger partial charge in [-0.1, -0.05) is 242 Å². The zero-order valence-corrected chi connectivity index (χ0v) is 38.4. The molecule has 0 aromatic heterocycles. The number of allylic oxidation sites excluding steroid dienone is 7. The first-order chi connectivity index (χ1) is 28.2. The normalized spacial score (nSPS) is 13.3. The summed E-state index contributed by atoms with van der Waals surface area (Å²) in [5.74, 6) is -0.0734. The molecular weight excluding hydrogens is 699 g/mol. The number of hydrogen-bond acceptors (Lipinski definition) is 3. The number of rotatable bonds is 46. The van der Waals surface area contributed by atoms with Gasteiger partial charge in [0.05, 0.1) is 18.8 Å². The third-order valence-electron chi connectivity index (χ3n) is 11.5. The van der Waals surface area contributed by atoms with E-state index in [0.29, 0.717) is 6.42 Å². The lowest BCUT2D eigenvalue weighted by molar-refractivity contribution is -0.123. The maximum absolute atomic E-state index is 12.4. The molecule has 0 saturated carbocycles. The van der Waals surface area contributed by atoms with Crippen LogP contribution in [0, 0.1) is 0 Å². The fraction of sp³-hybridized carbons (Fsp3) is 0.830. The first kappa shape index (κ1) is 55.4. The maximum atomic E-state index is 12.4. The molecule has 0 bridgehead atoms. The molecule has 0 heterocycles. The Kier molecular flexibility index (Phi) is 47.3. The number of aliphatic hydroxyl groups excluding tert-OH is 2. The molecule has 0 aliphatic rings. The molecule has 4 nitrogen and oxygen atoms in total. The first-order valence-electron chi connectivity index (χ1n) is 25.4. The number of amides is 1. The molecule has 2 unspecified atom stereocenters. The topological polar surface area (TPSA) is 69.6 Å².